The highest BCUT2D eigenvalue weighted by Gasteiger charge is 2.20. The topological polar surface area (TPSA) is 69.0 Å². The fourth-order valence-corrected chi connectivity index (χ4v) is 4.02. The van der Waals surface area contributed by atoms with Crippen molar-refractivity contribution < 1.29 is 13.9 Å². The number of halogens is 1. The fourth-order valence-electron chi connectivity index (χ4n) is 2.47. The molecule has 9 heteroatoms. The smallest absolute Gasteiger partial charge is 0.233 e. The number of nitrogens with one attached hydrogen (secondary N) is 1. The quantitative estimate of drug-likeness (QED) is 0.387. The molecule has 3 aromatic rings. The van der Waals surface area contributed by atoms with Gasteiger partial charge >= 0.3 is 0 Å². The molecule has 0 fully saturated rings. The third-order valence-corrected chi connectivity index (χ3v) is 5.92. The molecule has 1 N–H and O–H groups in total. The molecule has 0 aliphatic carbocycles. The molecule has 0 bridgehead atoms. The number of hydrogen-bond acceptors (Lipinski definition) is 6. The van der Waals surface area contributed by atoms with Gasteiger partial charge in [0.1, 0.15) is 6.61 Å². The first kappa shape index (κ1) is 21.1. The first-order valence-corrected chi connectivity index (χ1v) is 10.7. The summed E-state index contributed by atoms with van der Waals surface area (Å²) in [7, 11) is 0. The molecule has 1 unspecified atom stereocenters. The van der Waals surface area contributed by atoms with Crippen molar-refractivity contribution in [3.05, 3.63) is 71.0 Å². The van der Waals surface area contributed by atoms with Crippen LogP contribution in [0.3, 0.4) is 0 Å². The van der Waals surface area contributed by atoms with Gasteiger partial charge in [0.15, 0.2) is 22.5 Å². The van der Waals surface area contributed by atoms with Gasteiger partial charge in [-0.2, -0.15) is 0 Å². The summed E-state index contributed by atoms with van der Waals surface area (Å²) in [5.74, 6) is 0.159. The second-order valence-electron chi connectivity index (χ2n) is 6.07. The molecule has 0 aliphatic rings. The summed E-state index contributed by atoms with van der Waals surface area (Å²) in [6.45, 7) is 6.59. The van der Waals surface area contributed by atoms with Crippen molar-refractivity contribution in [2.75, 3.05) is 0 Å². The van der Waals surface area contributed by atoms with E-state index in [0.29, 0.717) is 24.1 Å². The average Bonchev–Trinajstić information content (AvgIpc) is 3.36. The molecule has 0 aliphatic heterocycles. The summed E-state index contributed by atoms with van der Waals surface area (Å²) in [5.41, 5.74) is 0. The number of ether oxygens (including phenoxy) is 1. The molecule has 2 aromatic heterocycles. The first-order valence-electron chi connectivity index (χ1n) is 8.95. The van der Waals surface area contributed by atoms with Crippen LogP contribution in [0.25, 0.3) is 0 Å². The first-order chi connectivity index (χ1) is 14.1. The van der Waals surface area contributed by atoms with Gasteiger partial charge in [-0.1, -0.05) is 36.0 Å². The summed E-state index contributed by atoms with van der Waals surface area (Å²) in [4.78, 5) is 13.5. The highest BCUT2D eigenvalue weighted by molar-refractivity contribution is 8.00. The Hall–Kier alpha value is -2.65. The van der Waals surface area contributed by atoms with Crippen LogP contribution in [0.5, 0.6) is 5.75 Å². The van der Waals surface area contributed by atoms with E-state index >= 15 is 0 Å². The Balaban J connectivity index is 1.63. The largest absolute Gasteiger partial charge is 0.483 e. The lowest BCUT2D eigenvalue weighted by Crippen LogP contribution is -2.30. The lowest BCUT2D eigenvalue weighted by molar-refractivity contribution is -0.120. The number of allylic oxidation sites excluding steroid dienone is 1. The number of thiophene rings is 1. The highest BCUT2D eigenvalue weighted by atomic mass is 32.2. The second kappa shape index (κ2) is 10.2. The molecule has 1 aromatic carbocycles. The van der Waals surface area contributed by atoms with Crippen LogP contribution >= 0.6 is 23.1 Å². The molecule has 29 heavy (non-hydrogen) atoms. The SMILES string of the molecule is C=CCn1c(COc2ccccc2F)nnc1SC(C)C(=O)NCc1cccs1. The van der Waals surface area contributed by atoms with Crippen molar-refractivity contribution >= 4 is 29.0 Å². The van der Waals surface area contributed by atoms with Gasteiger partial charge in [-0.3, -0.25) is 9.36 Å². The Morgan fingerprint density at radius 1 is 1.38 bits per heavy atom. The summed E-state index contributed by atoms with van der Waals surface area (Å²) >= 11 is 2.90. The Labute approximate surface area is 176 Å². The monoisotopic (exact) mass is 432 g/mol. The third-order valence-electron chi connectivity index (χ3n) is 3.97. The van der Waals surface area contributed by atoms with Crippen LogP contribution in [0.2, 0.25) is 0 Å². The minimum atomic E-state index is -0.437. The molecule has 1 amide bonds. The minimum Gasteiger partial charge on any atom is -0.483 e. The molecule has 3 rings (SSSR count). The van der Waals surface area contributed by atoms with E-state index in [1.165, 1.54) is 17.8 Å². The second-order valence-corrected chi connectivity index (χ2v) is 8.41. The number of carbonyl (C=O) groups is 1. The van der Waals surface area contributed by atoms with Gasteiger partial charge < -0.3 is 10.1 Å². The van der Waals surface area contributed by atoms with Crippen LogP contribution < -0.4 is 10.1 Å². The van der Waals surface area contributed by atoms with E-state index in [0.717, 1.165) is 4.88 Å². The number of amides is 1. The molecule has 0 saturated heterocycles. The molecule has 6 nitrogen and oxygen atoms in total. The minimum absolute atomic E-state index is 0.0568. The molecule has 0 radical (unpaired) electrons. The van der Waals surface area contributed by atoms with Gasteiger partial charge in [0.2, 0.25) is 5.91 Å². The number of carbonyl (C=O) groups excluding carboxylic acids is 1. The van der Waals surface area contributed by atoms with Gasteiger partial charge in [-0.15, -0.1) is 28.1 Å². The van der Waals surface area contributed by atoms with E-state index in [4.69, 9.17) is 4.74 Å². The van der Waals surface area contributed by atoms with Gasteiger partial charge in [-0.05, 0) is 30.5 Å². The number of hydrogen-bond donors (Lipinski definition) is 1. The van der Waals surface area contributed by atoms with Crippen LogP contribution in [0.15, 0.2) is 59.6 Å². The molecule has 2 heterocycles. The number of rotatable bonds is 10. The van der Waals surface area contributed by atoms with E-state index in [1.807, 2.05) is 29.0 Å². The Bertz CT molecular complexity index is 959. The summed E-state index contributed by atoms with van der Waals surface area (Å²) in [6, 6.07) is 10.1. The van der Waals surface area contributed by atoms with Crippen LogP contribution in [0, 0.1) is 5.82 Å². The van der Waals surface area contributed by atoms with Gasteiger partial charge in [-0.25, -0.2) is 4.39 Å². The maximum absolute atomic E-state index is 13.7. The third kappa shape index (κ3) is 5.68. The van der Waals surface area contributed by atoms with Crippen molar-refractivity contribution in [3.8, 4) is 5.75 Å². The number of nitrogens with zero attached hydrogens (tertiary/aromatic N) is 3. The van der Waals surface area contributed by atoms with Crippen molar-refractivity contribution in [3.63, 3.8) is 0 Å². The molecule has 0 spiro atoms. The molecule has 0 saturated carbocycles. The zero-order chi connectivity index (χ0) is 20.6. The Morgan fingerprint density at radius 2 is 2.21 bits per heavy atom. The fraction of sp³-hybridized carbons (Fsp3) is 0.250. The van der Waals surface area contributed by atoms with Crippen molar-refractivity contribution in [1.82, 2.24) is 20.1 Å². The Morgan fingerprint density at radius 3 is 2.93 bits per heavy atom. The van der Waals surface area contributed by atoms with Crippen LogP contribution in [0.4, 0.5) is 4.39 Å². The molecular weight excluding hydrogens is 411 g/mol. The average molecular weight is 433 g/mol. The molecular formula is C20H21FN4O2S2. The Kier molecular flexibility index (Phi) is 7.42. The maximum Gasteiger partial charge on any atom is 0.233 e. The number of para-hydroxylation sites is 1. The number of benzene rings is 1. The normalized spacial score (nSPS) is 11.8. The van der Waals surface area contributed by atoms with E-state index in [9.17, 15) is 9.18 Å². The van der Waals surface area contributed by atoms with E-state index < -0.39 is 5.82 Å². The van der Waals surface area contributed by atoms with Crippen LogP contribution in [-0.2, 0) is 24.5 Å². The van der Waals surface area contributed by atoms with Gasteiger partial charge in [0.25, 0.3) is 0 Å². The van der Waals surface area contributed by atoms with E-state index in [-0.39, 0.29) is 23.5 Å². The van der Waals surface area contributed by atoms with Gasteiger partial charge in [0.05, 0.1) is 11.8 Å². The zero-order valence-electron chi connectivity index (χ0n) is 15.9. The lowest BCUT2D eigenvalue weighted by Gasteiger charge is -2.13. The van der Waals surface area contributed by atoms with Crippen molar-refractivity contribution in [2.45, 2.75) is 37.0 Å². The highest BCUT2D eigenvalue weighted by Crippen LogP contribution is 2.24. The van der Waals surface area contributed by atoms with Crippen LogP contribution in [-0.4, -0.2) is 25.9 Å². The van der Waals surface area contributed by atoms with E-state index in [2.05, 4.69) is 22.1 Å². The standard InChI is InChI=1S/C20H21FN4O2S2/c1-3-10-25-18(13-27-17-9-5-4-8-16(17)21)23-24-20(25)29-14(2)19(26)22-12-15-7-6-11-28-15/h3-9,11,14H,1,10,12-13H2,2H3,(H,22,26). The zero-order valence-corrected chi connectivity index (χ0v) is 17.5. The summed E-state index contributed by atoms with van der Waals surface area (Å²) < 4.78 is 21.1. The van der Waals surface area contributed by atoms with Crippen molar-refractivity contribution in [2.24, 2.45) is 0 Å². The van der Waals surface area contributed by atoms with Crippen LogP contribution in [0.1, 0.15) is 17.6 Å². The predicted octanol–water partition coefficient (Wildman–Crippen LogP) is 4.04. The molecule has 1 atom stereocenters. The van der Waals surface area contributed by atoms with E-state index in [1.54, 1.807) is 35.6 Å². The number of aromatic nitrogens is 3. The van der Waals surface area contributed by atoms with Gasteiger partial charge in [0, 0.05) is 11.4 Å². The molecule has 152 valence electrons. The van der Waals surface area contributed by atoms with Crippen molar-refractivity contribution in [1.29, 1.82) is 0 Å². The predicted molar refractivity (Wildman–Crippen MR) is 112 cm³/mol. The number of thioether (sulfide) groups is 1. The summed E-state index contributed by atoms with van der Waals surface area (Å²) in [6.07, 6.45) is 1.71. The maximum atomic E-state index is 13.7. The summed E-state index contributed by atoms with van der Waals surface area (Å²) in [5, 5.41) is 13.4. The lowest BCUT2D eigenvalue weighted by atomic mass is 10.3.